The van der Waals surface area contributed by atoms with Crippen LogP contribution in [0.25, 0.3) is 0 Å². The number of amides is 1. The number of nitro groups is 1. The summed E-state index contributed by atoms with van der Waals surface area (Å²) < 4.78 is 10.0. The first-order valence-corrected chi connectivity index (χ1v) is 13.9. The molecule has 39 heavy (non-hydrogen) atoms. The summed E-state index contributed by atoms with van der Waals surface area (Å²) in [6.45, 7) is 5.96. The zero-order valence-corrected chi connectivity index (χ0v) is 24.2. The van der Waals surface area contributed by atoms with E-state index in [1.165, 1.54) is 35.5 Å². The topological polar surface area (TPSA) is 99.0 Å². The fraction of sp³-hybridized carbons (Fsp3) is 0.286. The van der Waals surface area contributed by atoms with Crippen LogP contribution >= 0.6 is 35.0 Å². The summed E-state index contributed by atoms with van der Waals surface area (Å²) in [4.78, 5) is 35.8. The van der Waals surface area contributed by atoms with Gasteiger partial charge in [-0.2, -0.15) is 0 Å². The highest BCUT2D eigenvalue weighted by atomic mass is 35.5. The molecule has 0 spiro atoms. The maximum Gasteiger partial charge on any atom is 0.345 e. The number of hydrogen-bond acceptors (Lipinski definition) is 7. The van der Waals surface area contributed by atoms with E-state index in [4.69, 9.17) is 27.9 Å². The molecule has 0 aliphatic rings. The predicted molar refractivity (Wildman–Crippen MR) is 156 cm³/mol. The van der Waals surface area contributed by atoms with Gasteiger partial charge in [-0.05, 0) is 42.7 Å². The Morgan fingerprint density at radius 3 is 2.21 bits per heavy atom. The van der Waals surface area contributed by atoms with Crippen LogP contribution in [-0.2, 0) is 10.5 Å². The molecule has 11 heteroatoms. The molecule has 3 aromatic carbocycles. The summed E-state index contributed by atoms with van der Waals surface area (Å²) in [6, 6.07) is 18.5. The van der Waals surface area contributed by atoms with E-state index in [1.54, 1.807) is 12.1 Å². The Hall–Kier alpha value is -3.27. The number of carbonyl (C=O) groups excluding carboxylic acids is 2. The van der Waals surface area contributed by atoms with Gasteiger partial charge in [0.1, 0.15) is 17.1 Å². The third kappa shape index (κ3) is 10.4. The van der Waals surface area contributed by atoms with Gasteiger partial charge in [0.25, 0.3) is 10.9 Å². The lowest BCUT2D eigenvalue weighted by Crippen LogP contribution is -2.29. The van der Waals surface area contributed by atoms with E-state index >= 15 is 0 Å². The number of carbonyl (C=O) groups is 2. The Morgan fingerprint density at radius 2 is 1.64 bits per heavy atom. The summed E-state index contributed by atoms with van der Waals surface area (Å²) in [7, 11) is 1.13. The van der Waals surface area contributed by atoms with E-state index < -0.39 is 10.9 Å². The highest BCUT2D eigenvalue weighted by molar-refractivity contribution is 8.12. The fourth-order valence-corrected chi connectivity index (χ4v) is 4.64. The first kappa shape index (κ1) is 31.9. The molecule has 0 atom stereocenters. The molecule has 0 aliphatic heterocycles. The summed E-state index contributed by atoms with van der Waals surface area (Å²) in [5.74, 6) is 0.439. The average Bonchev–Trinajstić information content (AvgIpc) is 2.93. The molecular weight excluding hydrogens is 563 g/mol. The first-order valence-electron chi connectivity index (χ1n) is 12.1. The Balaban J connectivity index is 0.000000283. The Labute approximate surface area is 242 Å². The van der Waals surface area contributed by atoms with Crippen molar-refractivity contribution in [2.24, 2.45) is 0 Å². The highest BCUT2D eigenvalue weighted by Gasteiger charge is 2.22. The van der Waals surface area contributed by atoms with Crippen LogP contribution in [0.4, 0.5) is 10.5 Å². The van der Waals surface area contributed by atoms with Crippen molar-refractivity contribution in [3.05, 3.63) is 98.0 Å². The van der Waals surface area contributed by atoms with Crippen molar-refractivity contribution in [3.8, 4) is 11.5 Å². The van der Waals surface area contributed by atoms with Crippen molar-refractivity contribution in [2.45, 2.75) is 32.4 Å². The number of hydrogen-bond donors (Lipinski definition) is 0. The molecular formula is C28H30Cl2N2O6S. The van der Waals surface area contributed by atoms with Crippen LogP contribution in [0.2, 0.25) is 10.0 Å². The molecule has 0 fully saturated rings. The standard InChI is InChI=1S/C14H9Cl2NO5.C14H21NOS/c1-21-14(18)10-7-9(3-4-12(10)17(19)20)22-13-5-2-8(15)6-11(13)16;1-3-10-15(11-4-2)14(16)17-12-13-8-6-5-7-9-13/h2-7H,1H3;5-9H,3-4,10-12H2,1-2H3. The second kappa shape index (κ2) is 16.6. The molecule has 3 rings (SSSR count). The number of nitro benzene ring substituents is 1. The van der Waals surface area contributed by atoms with Gasteiger partial charge in [-0.25, -0.2) is 4.79 Å². The van der Waals surface area contributed by atoms with Crippen LogP contribution in [0.1, 0.15) is 42.6 Å². The minimum Gasteiger partial charge on any atom is -0.465 e. The van der Waals surface area contributed by atoms with E-state index in [0.717, 1.165) is 44.9 Å². The molecule has 0 aromatic heterocycles. The SMILES string of the molecule is CCCN(CCC)C(=O)SCc1ccccc1.COC(=O)c1cc(Oc2ccc(Cl)cc2Cl)ccc1[N+](=O)[O-]. The highest BCUT2D eigenvalue weighted by Crippen LogP contribution is 2.33. The van der Waals surface area contributed by atoms with E-state index in [2.05, 4.69) is 30.7 Å². The quantitative estimate of drug-likeness (QED) is 0.132. The number of ether oxygens (including phenoxy) is 2. The van der Waals surface area contributed by atoms with Crippen LogP contribution < -0.4 is 4.74 Å². The maximum atomic E-state index is 12.0. The third-order valence-electron chi connectivity index (χ3n) is 5.14. The molecule has 0 unspecified atom stereocenters. The molecule has 0 radical (unpaired) electrons. The lowest BCUT2D eigenvalue weighted by atomic mass is 10.1. The molecule has 0 aliphatic carbocycles. The number of rotatable bonds is 10. The molecule has 208 valence electrons. The summed E-state index contributed by atoms with van der Waals surface area (Å²) in [6.07, 6.45) is 2.05. The third-order valence-corrected chi connectivity index (χ3v) is 6.66. The van der Waals surface area contributed by atoms with E-state index in [0.29, 0.717) is 10.8 Å². The van der Waals surface area contributed by atoms with Gasteiger partial charge in [0.2, 0.25) is 0 Å². The Morgan fingerprint density at radius 1 is 0.974 bits per heavy atom. The second-order valence-electron chi connectivity index (χ2n) is 8.13. The molecule has 0 N–H and O–H groups in total. The van der Waals surface area contributed by atoms with Gasteiger partial charge in [0.15, 0.2) is 0 Å². The molecule has 0 bridgehead atoms. The van der Waals surface area contributed by atoms with Gasteiger partial charge >= 0.3 is 5.97 Å². The molecule has 0 heterocycles. The van der Waals surface area contributed by atoms with Gasteiger partial charge in [0, 0.05) is 36.0 Å². The minimum atomic E-state index is -0.834. The van der Waals surface area contributed by atoms with Crippen LogP contribution in [0.3, 0.4) is 0 Å². The van der Waals surface area contributed by atoms with Crippen molar-refractivity contribution in [3.63, 3.8) is 0 Å². The Bertz CT molecular complexity index is 1250. The Kier molecular flexibility index (Phi) is 13.6. The van der Waals surface area contributed by atoms with Gasteiger partial charge in [0.05, 0.1) is 17.1 Å². The van der Waals surface area contributed by atoms with Crippen molar-refractivity contribution in [1.29, 1.82) is 0 Å². The predicted octanol–water partition coefficient (Wildman–Crippen LogP) is 8.64. The lowest BCUT2D eigenvalue weighted by molar-refractivity contribution is -0.385. The van der Waals surface area contributed by atoms with Crippen LogP contribution in [0.15, 0.2) is 66.7 Å². The number of benzene rings is 3. The van der Waals surface area contributed by atoms with Crippen LogP contribution in [0.5, 0.6) is 11.5 Å². The number of nitrogens with zero attached hydrogens (tertiary/aromatic N) is 2. The fourth-order valence-electron chi connectivity index (χ4n) is 3.34. The smallest absolute Gasteiger partial charge is 0.345 e. The number of thioether (sulfide) groups is 1. The van der Waals surface area contributed by atoms with Gasteiger partial charge in [-0.3, -0.25) is 14.9 Å². The van der Waals surface area contributed by atoms with Crippen molar-refractivity contribution >= 4 is 51.9 Å². The normalized spacial score (nSPS) is 10.2. The van der Waals surface area contributed by atoms with Gasteiger partial charge < -0.3 is 14.4 Å². The largest absolute Gasteiger partial charge is 0.465 e. The van der Waals surface area contributed by atoms with Crippen LogP contribution in [-0.4, -0.2) is 41.2 Å². The van der Waals surface area contributed by atoms with Gasteiger partial charge in [-0.1, -0.05) is 79.1 Å². The molecule has 0 saturated heterocycles. The number of esters is 1. The lowest BCUT2D eigenvalue weighted by Gasteiger charge is -2.20. The number of methoxy groups -OCH3 is 1. The van der Waals surface area contributed by atoms with Crippen LogP contribution in [0, 0.1) is 10.1 Å². The monoisotopic (exact) mass is 592 g/mol. The minimum absolute atomic E-state index is 0.204. The van der Waals surface area contributed by atoms with Crippen molar-refractivity contribution in [2.75, 3.05) is 20.2 Å². The van der Waals surface area contributed by atoms with Crippen molar-refractivity contribution < 1.29 is 24.0 Å². The zero-order valence-electron chi connectivity index (χ0n) is 21.9. The van der Waals surface area contributed by atoms with Crippen molar-refractivity contribution in [1.82, 2.24) is 4.90 Å². The summed E-state index contributed by atoms with van der Waals surface area (Å²) in [5.41, 5.74) is 0.621. The summed E-state index contributed by atoms with van der Waals surface area (Å²) in [5, 5.41) is 11.8. The van der Waals surface area contributed by atoms with E-state index in [1.807, 2.05) is 23.1 Å². The molecule has 1 amide bonds. The van der Waals surface area contributed by atoms with Gasteiger partial charge in [-0.15, -0.1) is 0 Å². The zero-order chi connectivity index (χ0) is 28.8. The molecule has 8 nitrogen and oxygen atoms in total. The number of halogens is 2. The molecule has 3 aromatic rings. The van der Waals surface area contributed by atoms with E-state index in [9.17, 15) is 19.7 Å². The summed E-state index contributed by atoms with van der Waals surface area (Å²) >= 11 is 13.2. The first-order chi connectivity index (χ1) is 18.7. The maximum absolute atomic E-state index is 12.0. The van der Waals surface area contributed by atoms with E-state index in [-0.39, 0.29) is 27.3 Å². The average molecular weight is 594 g/mol. The second-order valence-corrected chi connectivity index (χ2v) is 9.90. The molecule has 0 saturated carbocycles.